The first-order chi connectivity index (χ1) is 45.5. The molecule has 6 aromatic rings. The number of ketones is 3. The van der Waals surface area contributed by atoms with Crippen molar-refractivity contribution < 1.29 is 59.1 Å². The first kappa shape index (κ1) is 101. The molecule has 0 saturated heterocycles. The summed E-state index contributed by atoms with van der Waals surface area (Å²) in [5, 5.41) is 5.87. The van der Waals surface area contributed by atoms with Crippen LogP contribution in [0.15, 0.2) is 149 Å². The van der Waals surface area contributed by atoms with E-state index in [4.69, 9.17) is 4.74 Å². The van der Waals surface area contributed by atoms with Crippen LogP contribution in [0.3, 0.4) is 0 Å². The number of rotatable bonds is 17. The van der Waals surface area contributed by atoms with Crippen LogP contribution in [0, 0.1) is 58.7 Å². The van der Waals surface area contributed by atoms with Gasteiger partial charge in [-0.3, -0.25) is 24.0 Å². The second-order valence-electron chi connectivity index (χ2n) is 23.9. The van der Waals surface area contributed by atoms with Crippen molar-refractivity contribution in [1.82, 2.24) is 5.32 Å². The Morgan fingerprint density at radius 1 is 0.443 bits per heavy atom. The van der Waals surface area contributed by atoms with Gasteiger partial charge in [0.2, 0.25) is 5.91 Å². The summed E-state index contributed by atoms with van der Waals surface area (Å²) in [6.45, 7) is 47.7. The maximum absolute atomic E-state index is 12.5. The predicted octanol–water partition coefficient (Wildman–Crippen LogP) is 23.6. The van der Waals surface area contributed by atoms with Crippen LogP contribution >= 0.6 is 11.3 Å². The van der Waals surface area contributed by atoms with Crippen LogP contribution in [0.4, 0.5) is 22.0 Å². The fourth-order valence-electron chi connectivity index (χ4n) is 5.58. The molecule has 9 nitrogen and oxygen atoms in total. The number of hydrogen-bond donors (Lipinski definition) is 1. The van der Waals surface area contributed by atoms with Crippen molar-refractivity contribution in [3.8, 4) is 5.75 Å². The van der Waals surface area contributed by atoms with Crippen LogP contribution in [0.25, 0.3) is 6.08 Å². The Hall–Kier alpha value is -6.91. The van der Waals surface area contributed by atoms with Gasteiger partial charge < -0.3 is 10.1 Å². The van der Waals surface area contributed by atoms with Crippen molar-refractivity contribution in [2.45, 2.75) is 241 Å². The Balaban J connectivity index is -0.000000244. The molecule has 0 aliphatic rings. The lowest BCUT2D eigenvalue weighted by atomic mass is 10.0. The number of sulfone groups is 1. The molecule has 0 bridgehead atoms. The third-order valence-corrected chi connectivity index (χ3v) is 13.9. The Labute approximate surface area is 589 Å². The van der Waals surface area contributed by atoms with E-state index in [1.54, 1.807) is 99.1 Å². The summed E-state index contributed by atoms with van der Waals surface area (Å²) in [6.07, 6.45) is 12.4. The number of aryl methyl sites for hydroxylation is 1. The van der Waals surface area contributed by atoms with E-state index < -0.39 is 9.84 Å². The molecule has 0 fully saturated rings. The maximum Gasteiger partial charge on any atom is 0.313 e. The number of ether oxygens (including phenoxy) is 1. The normalized spacial score (nSPS) is 9.89. The molecule has 16 heteroatoms. The zero-order valence-corrected chi connectivity index (χ0v) is 65.1. The predicted molar refractivity (Wildman–Crippen MR) is 402 cm³/mol. The molecular weight excluding hydrogens is 1270 g/mol. The molecule has 0 saturated carbocycles. The largest absolute Gasteiger partial charge is 0.426 e. The standard InChI is InChI=1S/C12H15FO.C12H13FO.C11H14FNO.C11H13FO.C10H11FO2.C7H10O2S2.6C3H8/c2*1-9(2)12(14)8-5-10-3-6-11(13)7-4-10;1-8(2)11(14)13-7-9-3-5-10(12)6-4-9;1-8(2)11(13)7-9-3-5-10(12)6-4-9;1-7(2)10(12)13-9-5-3-8(11)4-6-9;1-6(2)11(8,9)7-3-4-10-5-7;6*1-3-2/h3-4,6-7,9H,5,8H2,1-2H3;3-9H,1-2H3;3-6,8H,7H2,1-2H3,(H,13,14);3-6,8H,7H2,1-2H3;3-7H,1-2H3;3-6H,1-2H3;6*3H2,1-2H3/b;8-5+;;;;;;;;;;. The number of halogens is 5. The number of allylic oxidation sites excluding steroid dienone is 1. The Morgan fingerprint density at radius 2 is 0.794 bits per heavy atom. The van der Waals surface area contributed by atoms with E-state index in [0.717, 1.165) is 22.3 Å². The third-order valence-electron chi connectivity index (χ3n) is 10.9. The minimum absolute atomic E-state index is 0.00620. The van der Waals surface area contributed by atoms with Crippen LogP contribution < -0.4 is 10.1 Å². The van der Waals surface area contributed by atoms with E-state index in [9.17, 15) is 54.3 Å². The van der Waals surface area contributed by atoms with Gasteiger partial charge in [-0.25, -0.2) is 30.4 Å². The average Bonchev–Trinajstić information content (AvgIpc) is 1.80. The van der Waals surface area contributed by atoms with Crippen LogP contribution in [0.2, 0.25) is 0 Å². The number of nitrogens with one attached hydrogen (secondary N) is 1. The summed E-state index contributed by atoms with van der Waals surface area (Å²) >= 11 is 1.40. The van der Waals surface area contributed by atoms with Gasteiger partial charge in [0.1, 0.15) is 46.4 Å². The van der Waals surface area contributed by atoms with Gasteiger partial charge in [-0.15, -0.1) is 0 Å². The molecule has 97 heavy (non-hydrogen) atoms. The van der Waals surface area contributed by atoms with E-state index in [2.05, 4.69) is 88.4 Å². The number of thiophene rings is 1. The minimum Gasteiger partial charge on any atom is -0.426 e. The highest BCUT2D eigenvalue weighted by atomic mass is 32.2. The van der Waals surface area contributed by atoms with Crippen LogP contribution in [0.1, 0.15) is 233 Å². The van der Waals surface area contributed by atoms with E-state index in [-0.39, 0.29) is 93.2 Å². The zero-order chi connectivity index (χ0) is 76.1. The second kappa shape index (κ2) is 65.1. The van der Waals surface area contributed by atoms with Crippen molar-refractivity contribution in [1.29, 1.82) is 0 Å². The average molecular weight is 1400 g/mol. The van der Waals surface area contributed by atoms with Crippen LogP contribution in [0.5, 0.6) is 5.75 Å². The van der Waals surface area contributed by atoms with Gasteiger partial charge >= 0.3 is 5.97 Å². The molecule has 1 N–H and O–H groups in total. The first-order valence-electron chi connectivity index (χ1n) is 34.3. The molecule has 0 unspecified atom stereocenters. The summed E-state index contributed by atoms with van der Waals surface area (Å²) in [5.41, 5.74) is 3.63. The number of amides is 1. The van der Waals surface area contributed by atoms with E-state index in [0.29, 0.717) is 36.5 Å². The summed E-state index contributed by atoms with van der Waals surface area (Å²) in [7, 11) is -3.02. The Morgan fingerprint density at radius 3 is 1.11 bits per heavy atom. The molecule has 0 aliphatic carbocycles. The molecule has 1 amide bonds. The number of benzene rings is 5. The van der Waals surface area contributed by atoms with Gasteiger partial charge in [0.05, 0.1) is 16.1 Å². The molecule has 0 radical (unpaired) electrons. The lowest BCUT2D eigenvalue weighted by Crippen LogP contribution is -2.27. The second-order valence-corrected chi connectivity index (χ2v) is 27.2. The molecular formula is C81H124F5NO8S2. The number of Topliss-reactive ketones (excluding diaryl/α,β-unsaturated/α-hetero) is 2. The summed E-state index contributed by atoms with van der Waals surface area (Å²) in [4.78, 5) is 56.6. The zero-order valence-electron chi connectivity index (χ0n) is 63.4. The molecule has 5 aromatic carbocycles. The maximum atomic E-state index is 12.5. The van der Waals surface area contributed by atoms with Crippen LogP contribution in [-0.2, 0) is 53.2 Å². The van der Waals surface area contributed by atoms with Gasteiger partial charge in [0.15, 0.2) is 15.6 Å². The van der Waals surface area contributed by atoms with Crippen molar-refractivity contribution in [2.75, 3.05) is 0 Å². The quantitative estimate of drug-likeness (QED) is 0.0412. The smallest absolute Gasteiger partial charge is 0.313 e. The molecule has 1 heterocycles. The first-order valence-corrected chi connectivity index (χ1v) is 36.8. The van der Waals surface area contributed by atoms with Crippen LogP contribution in [-0.4, -0.2) is 42.9 Å². The summed E-state index contributed by atoms with van der Waals surface area (Å²) < 4.78 is 90.3. The highest BCUT2D eigenvalue weighted by Gasteiger charge is 2.19. The Kier molecular flexibility index (Phi) is 67.8. The lowest BCUT2D eigenvalue weighted by Gasteiger charge is -2.07. The minimum atomic E-state index is -3.02. The summed E-state index contributed by atoms with van der Waals surface area (Å²) in [6, 6.07) is 31.5. The Bertz CT molecular complexity index is 2840. The van der Waals surface area contributed by atoms with Crippen molar-refractivity contribution >= 4 is 56.5 Å². The summed E-state index contributed by atoms with van der Waals surface area (Å²) in [5.74, 6) is -0.820. The van der Waals surface area contributed by atoms with E-state index in [1.165, 1.54) is 129 Å². The highest BCUT2D eigenvalue weighted by Crippen LogP contribution is 2.18. The molecule has 0 atom stereocenters. The third kappa shape index (κ3) is 61.2. The van der Waals surface area contributed by atoms with Gasteiger partial charge in [0.25, 0.3) is 0 Å². The SMILES string of the molecule is CC(C)C(=O)/C=C/c1ccc(F)cc1.CC(C)C(=O)CCc1ccc(F)cc1.CC(C)C(=O)Cc1ccc(F)cc1.CC(C)C(=O)NCc1ccc(F)cc1.CC(C)C(=O)Oc1ccc(F)cc1.CC(C)S(=O)(=O)c1ccsc1.CCC.CCC.CCC.CCC.CCC.CCC. The topological polar surface area (TPSA) is 141 Å². The van der Waals surface area contributed by atoms with Gasteiger partial charge in [-0.2, -0.15) is 11.3 Å². The number of hydrogen-bond acceptors (Lipinski definition) is 9. The fourth-order valence-corrected chi connectivity index (χ4v) is 7.69. The number of esters is 1. The number of carbonyl (C=O) groups excluding carboxylic acids is 5. The molecule has 6 rings (SSSR count). The lowest BCUT2D eigenvalue weighted by molar-refractivity contribution is -0.137. The molecule has 0 aliphatic heterocycles. The fraction of sp³-hybridized carbons (Fsp3) is 0.494. The van der Waals surface area contributed by atoms with Gasteiger partial charge in [0, 0.05) is 48.4 Å². The van der Waals surface area contributed by atoms with E-state index in [1.807, 2.05) is 55.4 Å². The van der Waals surface area contributed by atoms with Crippen molar-refractivity contribution in [3.63, 3.8) is 0 Å². The van der Waals surface area contributed by atoms with Gasteiger partial charge in [-0.1, -0.05) is 245 Å². The monoisotopic (exact) mass is 1400 g/mol. The molecule has 0 spiro atoms. The molecule has 548 valence electrons. The van der Waals surface area contributed by atoms with E-state index >= 15 is 0 Å². The highest BCUT2D eigenvalue weighted by molar-refractivity contribution is 7.92. The van der Waals surface area contributed by atoms with Crippen molar-refractivity contribution in [3.05, 3.63) is 196 Å². The molecule has 1 aromatic heterocycles. The van der Waals surface area contributed by atoms with Crippen molar-refractivity contribution in [2.24, 2.45) is 29.6 Å². The number of carbonyl (C=O) groups is 5. The van der Waals surface area contributed by atoms with Gasteiger partial charge in [-0.05, 0) is 133 Å².